The number of thioether (sulfide) groups is 1. The highest BCUT2D eigenvalue weighted by molar-refractivity contribution is 7.99. The first-order chi connectivity index (χ1) is 8.79. The molecule has 2 aliphatic rings. The summed E-state index contributed by atoms with van der Waals surface area (Å²) in [6.45, 7) is 3.61. The molecule has 0 aromatic carbocycles. The average Bonchev–Trinajstić information content (AvgIpc) is 2.40. The van der Waals surface area contributed by atoms with Crippen molar-refractivity contribution in [3.63, 3.8) is 0 Å². The first-order valence-corrected chi connectivity index (χ1v) is 9.10. The van der Waals surface area contributed by atoms with E-state index in [2.05, 4.69) is 35.6 Å². The Morgan fingerprint density at radius 3 is 2.67 bits per heavy atom. The zero-order valence-corrected chi connectivity index (χ0v) is 12.9. The molecule has 1 heterocycles. The van der Waals surface area contributed by atoms with Crippen molar-refractivity contribution in [3.8, 4) is 0 Å². The van der Waals surface area contributed by atoms with Gasteiger partial charge in [-0.1, -0.05) is 19.3 Å². The van der Waals surface area contributed by atoms with Gasteiger partial charge < -0.3 is 10.6 Å². The lowest BCUT2D eigenvalue weighted by atomic mass is 9.93. The Labute approximate surface area is 117 Å². The molecule has 0 radical (unpaired) electrons. The highest BCUT2D eigenvalue weighted by Gasteiger charge is 2.26. The second-order valence-corrected chi connectivity index (χ2v) is 7.19. The maximum Gasteiger partial charge on any atom is 0.0198 e. The molecule has 2 rings (SSSR count). The number of hydrogen-bond donors (Lipinski definition) is 2. The highest BCUT2D eigenvalue weighted by Crippen LogP contribution is 2.27. The van der Waals surface area contributed by atoms with E-state index in [1.807, 2.05) is 0 Å². The van der Waals surface area contributed by atoms with Crippen LogP contribution in [0.2, 0.25) is 0 Å². The van der Waals surface area contributed by atoms with E-state index in [0.29, 0.717) is 6.04 Å². The van der Waals surface area contributed by atoms with Gasteiger partial charge in [0, 0.05) is 23.4 Å². The Morgan fingerprint density at radius 1 is 1.17 bits per heavy atom. The number of piperidine rings is 1. The molecule has 0 aromatic heterocycles. The Morgan fingerprint density at radius 2 is 1.94 bits per heavy atom. The number of hydrogen-bond acceptors (Lipinski definition) is 3. The first kappa shape index (κ1) is 14.7. The lowest BCUT2D eigenvalue weighted by molar-refractivity contribution is 0.303. The molecule has 3 heteroatoms. The van der Waals surface area contributed by atoms with Crippen molar-refractivity contribution >= 4 is 11.8 Å². The van der Waals surface area contributed by atoms with Crippen LogP contribution in [0.4, 0.5) is 0 Å². The number of nitrogens with one attached hydrogen (secondary N) is 2. The monoisotopic (exact) mass is 270 g/mol. The Kier molecular flexibility index (Phi) is 6.33. The molecular weight excluding hydrogens is 240 g/mol. The maximum atomic E-state index is 3.91. The smallest absolute Gasteiger partial charge is 0.0198 e. The van der Waals surface area contributed by atoms with E-state index in [-0.39, 0.29) is 0 Å². The zero-order valence-electron chi connectivity index (χ0n) is 12.1. The topological polar surface area (TPSA) is 24.1 Å². The predicted octanol–water partition coefficient (Wildman–Crippen LogP) is 3.17. The van der Waals surface area contributed by atoms with Crippen molar-refractivity contribution in [3.05, 3.63) is 0 Å². The van der Waals surface area contributed by atoms with Gasteiger partial charge in [-0.3, -0.25) is 0 Å². The summed E-state index contributed by atoms with van der Waals surface area (Å²) in [4.78, 5) is 0. The van der Waals surface area contributed by atoms with E-state index in [9.17, 15) is 0 Å². The Hall–Kier alpha value is 0.270. The van der Waals surface area contributed by atoms with Gasteiger partial charge in [-0.15, -0.1) is 0 Å². The Bertz CT molecular complexity index is 229. The Balaban J connectivity index is 1.73. The molecule has 0 spiro atoms. The molecule has 4 atom stereocenters. The van der Waals surface area contributed by atoms with Crippen LogP contribution in [0.3, 0.4) is 0 Å². The summed E-state index contributed by atoms with van der Waals surface area (Å²) >= 11 is 2.06. The predicted molar refractivity (Wildman–Crippen MR) is 82.4 cm³/mol. The van der Waals surface area contributed by atoms with Crippen molar-refractivity contribution in [2.24, 2.45) is 0 Å². The molecule has 4 unspecified atom stereocenters. The second-order valence-electron chi connectivity index (χ2n) is 6.12. The molecule has 1 saturated heterocycles. The van der Waals surface area contributed by atoms with Gasteiger partial charge in [0.2, 0.25) is 0 Å². The third-order valence-corrected chi connectivity index (χ3v) is 5.72. The fraction of sp³-hybridized carbons (Fsp3) is 1.00. The highest BCUT2D eigenvalue weighted by atomic mass is 32.2. The summed E-state index contributed by atoms with van der Waals surface area (Å²) in [5.41, 5.74) is 0. The van der Waals surface area contributed by atoms with Gasteiger partial charge >= 0.3 is 0 Å². The van der Waals surface area contributed by atoms with Gasteiger partial charge in [0.05, 0.1) is 0 Å². The van der Waals surface area contributed by atoms with E-state index in [4.69, 9.17) is 0 Å². The standard InChI is InChI=1S/C15H30N2S/c1-12(11-13-7-5-6-10-16-13)17-14-8-3-4-9-15(14)18-2/h12-17H,3-11H2,1-2H3. The van der Waals surface area contributed by atoms with Crippen molar-refractivity contribution in [1.29, 1.82) is 0 Å². The number of rotatable bonds is 5. The van der Waals surface area contributed by atoms with Crippen LogP contribution in [0.5, 0.6) is 0 Å². The third-order valence-electron chi connectivity index (χ3n) is 4.55. The van der Waals surface area contributed by atoms with Gasteiger partial charge in [0.15, 0.2) is 0 Å². The van der Waals surface area contributed by atoms with E-state index in [1.54, 1.807) is 0 Å². The molecule has 0 bridgehead atoms. The summed E-state index contributed by atoms with van der Waals surface area (Å²) in [6.07, 6.45) is 13.4. The summed E-state index contributed by atoms with van der Waals surface area (Å²) in [5.74, 6) is 0. The lowest BCUT2D eigenvalue weighted by Gasteiger charge is -2.35. The van der Waals surface area contributed by atoms with Crippen LogP contribution < -0.4 is 10.6 Å². The minimum atomic E-state index is 0.665. The molecule has 18 heavy (non-hydrogen) atoms. The van der Waals surface area contributed by atoms with Crippen LogP contribution in [0.15, 0.2) is 0 Å². The van der Waals surface area contributed by atoms with Crippen LogP contribution >= 0.6 is 11.8 Å². The molecule has 1 aliphatic heterocycles. The maximum absolute atomic E-state index is 3.91. The molecule has 2 nitrogen and oxygen atoms in total. The largest absolute Gasteiger partial charge is 0.314 e. The molecule has 0 aromatic rings. The van der Waals surface area contributed by atoms with Crippen LogP contribution in [0.1, 0.15) is 58.3 Å². The van der Waals surface area contributed by atoms with Crippen LogP contribution in [-0.2, 0) is 0 Å². The fourth-order valence-corrected chi connectivity index (χ4v) is 4.50. The quantitative estimate of drug-likeness (QED) is 0.802. The average molecular weight is 270 g/mol. The second kappa shape index (κ2) is 7.76. The van der Waals surface area contributed by atoms with E-state index in [1.165, 1.54) is 57.9 Å². The zero-order chi connectivity index (χ0) is 12.8. The van der Waals surface area contributed by atoms with E-state index in [0.717, 1.165) is 17.3 Å². The SMILES string of the molecule is CSC1CCCCC1NC(C)CC1CCCCN1. The van der Waals surface area contributed by atoms with Crippen LogP contribution in [0.25, 0.3) is 0 Å². The minimum absolute atomic E-state index is 0.665. The van der Waals surface area contributed by atoms with Crippen LogP contribution in [0, 0.1) is 0 Å². The third kappa shape index (κ3) is 4.43. The van der Waals surface area contributed by atoms with Gasteiger partial charge in [-0.05, 0) is 51.8 Å². The minimum Gasteiger partial charge on any atom is -0.314 e. The van der Waals surface area contributed by atoms with E-state index < -0.39 is 0 Å². The van der Waals surface area contributed by atoms with Crippen molar-refractivity contribution < 1.29 is 0 Å². The summed E-state index contributed by atoms with van der Waals surface area (Å²) < 4.78 is 0. The van der Waals surface area contributed by atoms with Gasteiger partial charge in [-0.2, -0.15) is 11.8 Å². The molecule has 2 N–H and O–H groups in total. The molecule has 0 amide bonds. The molecule has 2 fully saturated rings. The van der Waals surface area contributed by atoms with Crippen molar-refractivity contribution in [2.45, 2.75) is 81.7 Å². The van der Waals surface area contributed by atoms with Crippen molar-refractivity contribution in [2.75, 3.05) is 12.8 Å². The summed E-state index contributed by atoms with van der Waals surface area (Å²) in [5, 5.41) is 8.42. The normalized spacial score (nSPS) is 35.3. The molecule has 1 saturated carbocycles. The molecular formula is C15H30N2S. The summed E-state index contributed by atoms with van der Waals surface area (Å²) in [7, 11) is 0. The van der Waals surface area contributed by atoms with Crippen molar-refractivity contribution in [1.82, 2.24) is 10.6 Å². The van der Waals surface area contributed by atoms with Gasteiger partial charge in [-0.25, -0.2) is 0 Å². The summed E-state index contributed by atoms with van der Waals surface area (Å²) in [6, 6.07) is 2.18. The fourth-order valence-electron chi connectivity index (χ4n) is 3.56. The van der Waals surface area contributed by atoms with Gasteiger partial charge in [0.1, 0.15) is 0 Å². The van der Waals surface area contributed by atoms with Gasteiger partial charge in [0.25, 0.3) is 0 Å². The first-order valence-electron chi connectivity index (χ1n) is 7.82. The lowest BCUT2D eigenvalue weighted by Crippen LogP contribution is -2.47. The van der Waals surface area contributed by atoms with E-state index >= 15 is 0 Å². The molecule has 1 aliphatic carbocycles. The van der Waals surface area contributed by atoms with Crippen LogP contribution in [-0.4, -0.2) is 36.2 Å². The molecule has 106 valence electrons.